The van der Waals surface area contributed by atoms with Gasteiger partial charge in [0.1, 0.15) is 6.23 Å². The predicted octanol–water partition coefficient (Wildman–Crippen LogP) is 4.94. The zero-order chi connectivity index (χ0) is 22.0. The summed E-state index contributed by atoms with van der Waals surface area (Å²) < 4.78 is 0. The number of carbonyl (C=O) groups excluding carboxylic acids is 1. The third kappa shape index (κ3) is 13.0. The molecule has 0 spiro atoms. The van der Waals surface area contributed by atoms with Gasteiger partial charge in [0.15, 0.2) is 0 Å². The van der Waals surface area contributed by atoms with Crippen LogP contribution in [0.5, 0.6) is 0 Å². The Labute approximate surface area is 182 Å². The highest BCUT2D eigenvalue weighted by molar-refractivity contribution is 5.94. The molecule has 172 valence electrons. The summed E-state index contributed by atoms with van der Waals surface area (Å²) in [4.78, 5) is 12.0. The van der Waals surface area contributed by atoms with Gasteiger partial charge in [-0.25, -0.2) is 0 Å². The molecule has 5 heteroatoms. The predicted molar refractivity (Wildman–Crippen MR) is 122 cm³/mol. The van der Waals surface area contributed by atoms with Crippen molar-refractivity contribution >= 4 is 5.91 Å². The molecule has 0 heterocycles. The number of unbranched alkanes of at least 4 members (excludes halogenated alkanes) is 11. The van der Waals surface area contributed by atoms with Gasteiger partial charge in [-0.2, -0.15) is 0 Å². The second-order valence-corrected chi connectivity index (χ2v) is 8.40. The largest absolute Gasteiger partial charge is 0.390 e. The molecule has 0 radical (unpaired) electrons. The molecule has 1 amide bonds. The molecule has 0 aromatic heterocycles. The summed E-state index contributed by atoms with van der Waals surface area (Å²) in [5.41, 5.74) is 0.447. The van der Waals surface area contributed by atoms with Gasteiger partial charge in [-0.1, -0.05) is 102 Å². The van der Waals surface area contributed by atoms with Gasteiger partial charge in [-0.15, -0.1) is 0 Å². The van der Waals surface area contributed by atoms with Crippen molar-refractivity contribution in [3.63, 3.8) is 0 Å². The maximum atomic E-state index is 12.0. The third-order valence-corrected chi connectivity index (χ3v) is 5.60. The average Bonchev–Trinajstić information content (AvgIpc) is 2.74. The van der Waals surface area contributed by atoms with Crippen LogP contribution < -0.4 is 5.32 Å². The van der Waals surface area contributed by atoms with Crippen molar-refractivity contribution in [3.8, 4) is 0 Å². The Morgan fingerprint density at radius 2 is 1.27 bits per heavy atom. The lowest BCUT2D eigenvalue weighted by Gasteiger charge is -2.21. The second-order valence-electron chi connectivity index (χ2n) is 8.40. The lowest BCUT2D eigenvalue weighted by atomic mass is 10.0. The molecule has 1 aromatic carbocycles. The summed E-state index contributed by atoms with van der Waals surface area (Å²) in [6.07, 6.45) is 12.3. The van der Waals surface area contributed by atoms with E-state index < -0.39 is 24.3 Å². The van der Waals surface area contributed by atoms with E-state index in [9.17, 15) is 20.1 Å². The van der Waals surface area contributed by atoms with Gasteiger partial charge in [0.05, 0.1) is 12.2 Å². The molecule has 5 nitrogen and oxygen atoms in total. The minimum Gasteiger partial charge on any atom is -0.390 e. The number of rotatable bonds is 18. The van der Waals surface area contributed by atoms with Crippen molar-refractivity contribution < 1.29 is 20.1 Å². The fraction of sp³-hybridized carbons (Fsp3) is 0.720. The van der Waals surface area contributed by atoms with Crippen molar-refractivity contribution in [1.82, 2.24) is 5.32 Å². The van der Waals surface area contributed by atoms with E-state index in [0.717, 1.165) is 19.3 Å². The molecule has 30 heavy (non-hydrogen) atoms. The van der Waals surface area contributed by atoms with E-state index in [0.29, 0.717) is 12.0 Å². The van der Waals surface area contributed by atoms with Crippen LogP contribution in [0.2, 0.25) is 0 Å². The summed E-state index contributed by atoms with van der Waals surface area (Å²) in [7, 11) is 0. The maximum Gasteiger partial charge on any atom is 0.253 e. The van der Waals surface area contributed by atoms with E-state index in [1.807, 2.05) is 6.07 Å². The van der Waals surface area contributed by atoms with Crippen molar-refractivity contribution in [2.75, 3.05) is 0 Å². The van der Waals surface area contributed by atoms with Crippen LogP contribution in [-0.4, -0.2) is 39.7 Å². The molecule has 0 aliphatic heterocycles. The van der Waals surface area contributed by atoms with Crippen LogP contribution in [0.15, 0.2) is 30.3 Å². The summed E-state index contributed by atoms with van der Waals surface area (Å²) in [6, 6.07) is 8.61. The van der Waals surface area contributed by atoms with Crippen LogP contribution >= 0.6 is 0 Å². The van der Waals surface area contributed by atoms with Gasteiger partial charge in [-0.3, -0.25) is 4.79 Å². The lowest BCUT2D eigenvalue weighted by molar-refractivity contribution is -0.0216. The molecule has 4 N–H and O–H groups in total. The van der Waals surface area contributed by atoms with Crippen LogP contribution in [0, 0.1) is 0 Å². The van der Waals surface area contributed by atoms with E-state index in [1.54, 1.807) is 24.3 Å². The average molecular weight is 422 g/mol. The molecular weight excluding hydrogens is 378 g/mol. The fourth-order valence-corrected chi connectivity index (χ4v) is 3.66. The number of carbonyl (C=O) groups is 1. The van der Waals surface area contributed by atoms with E-state index >= 15 is 0 Å². The second kappa shape index (κ2) is 17.3. The number of aliphatic hydroxyl groups excluding tert-OH is 3. The smallest absolute Gasteiger partial charge is 0.253 e. The molecular formula is C25H43NO4. The Balaban J connectivity index is 2.01. The minimum absolute atomic E-state index is 0.0853. The normalized spacial score (nSPS) is 14.3. The molecule has 0 aliphatic rings. The Bertz CT molecular complexity index is 537. The summed E-state index contributed by atoms with van der Waals surface area (Å²) in [6.45, 7) is 2.25. The highest BCUT2D eigenvalue weighted by atomic mass is 16.3. The van der Waals surface area contributed by atoms with Crippen LogP contribution in [-0.2, 0) is 0 Å². The van der Waals surface area contributed by atoms with Crippen molar-refractivity contribution in [2.24, 2.45) is 0 Å². The van der Waals surface area contributed by atoms with E-state index in [-0.39, 0.29) is 6.42 Å². The number of hydrogen-bond donors (Lipinski definition) is 4. The number of benzene rings is 1. The third-order valence-electron chi connectivity index (χ3n) is 5.60. The molecule has 3 unspecified atom stereocenters. The van der Waals surface area contributed by atoms with Crippen molar-refractivity contribution in [2.45, 2.75) is 115 Å². The first-order valence-electron chi connectivity index (χ1n) is 11.9. The molecule has 0 fully saturated rings. The molecule has 1 aromatic rings. The van der Waals surface area contributed by atoms with Gasteiger partial charge in [0, 0.05) is 12.0 Å². The van der Waals surface area contributed by atoms with Gasteiger partial charge in [-0.05, 0) is 18.6 Å². The highest BCUT2D eigenvalue weighted by Gasteiger charge is 2.21. The van der Waals surface area contributed by atoms with Crippen LogP contribution in [0.3, 0.4) is 0 Å². The molecule has 0 saturated heterocycles. The zero-order valence-electron chi connectivity index (χ0n) is 18.8. The number of hydrogen-bond acceptors (Lipinski definition) is 4. The molecule has 0 saturated carbocycles. The Morgan fingerprint density at radius 3 is 1.80 bits per heavy atom. The van der Waals surface area contributed by atoms with Crippen LogP contribution in [0.1, 0.15) is 107 Å². The highest BCUT2D eigenvalue weighted by Crippen LogP contribution is 2.15. The van der Waals surface area contributed by atoms with E-state index in [4.69, 9.17) is 0 Å². The Kier molecular flexibility index (Phi) is 15.3. The maximum absolute atomic E-state index is 12.0. The molecule has 0 bridgehead atoms. The first-order valence-corrected chi connectivity index (χ1v) is 11.9. The Morgan fingerprint density at radius 1 is 0.767 bits per heavy atom. The summed E-state index contributed by atoms with van der Waals surface area (Å²) >= 11 is 0. The first-order chi connectivity index (χ1) is 14.5. The van der Waals surface area contributed by atoms with Crippen molar-refractivity contribution in [3.05, 3.63) is 35.9 Å². The fourth-order valence-electron chi connectivity index (χ4n) is 3.66. The molecule has 0 aliphatic carbocycles. The first kappa shape index (κ1) is 26.6. The topological polar surface area (TPSA) is 89.8 Å². The molecule has 3 atom stereocenters. The van der Waals surface area contributed by atoms with Gasteiger partial charge in [0.2, 0.25) is 0 Å². The van der Waals surface area contributed by atoms with E-state index in [1.165, 1.54) is 57.8 Å². The van der Waals surface area contributed by atoms with Crippen molar-refractivity contribution in [1.29, 1.82) is 0 Å². The number of nitrogens with one attached hydrogen (secondary N) is 1. The van der Waals surface area contributed by atoms with E-state index in [2.05, 4.69) is 12.2 Å². The van der Waals surface area contributed by atoms with Gasteiger partial charge >= 0.3 is 0 Å². The standard InChI is InChI=1S/C25H43NO4/c1-2-3-4-5-6-7-8-9-10-11-12-16-19-22(27)23(28)20-24(29)26-25(30)21-17-14-13-15-18-21/h13-15,17-18,22-24,27-29H,2-12,16,19-20H2,1H3,(H,26,30). The Hall–Kier alpha value is -1.43. The van der Waals surface area contributed by atoms with Crippen LogP contribution in [0.25, 0.3) is 0 Å². The quantitative estimate of drug-likeness (QED) is 0.200. The van der Waals surface area contributed by atoms with Gasteiger partial charge in [0.25, 0.3) is 5.91 Å². The lowest BCUT2D eigenvalue weighted by Crippen LogP contribution is -2.40. The zero-order valence-corrected chi connectivity index (χ0v) is 18.8. The SMILES string of the molecule is CCCCCCCCCCCCCCC(O)C(O)CC(O)NC(=O)c1ccccc1. The monoisotopic (exact) mass is 421 g/mol. The van der Waals surface area contributed by atoms with Gasteiger partial charge < -0.3 is 20.6 Å². The minimum atomic E-state index is -1.19. The summed E-state index contributed by atoms with van der Waals surface area (Å²) in [5, 5.41) is 32.6. The summed E-state index contributed by atoms with van der Waals surface area (Å²) in [5.74, 6) is -0.397. The number of aliphatic hydroxyl groups is 3. The van der Waals surface area contributed by atoms with Crippen LogP contribution in [0.4, 0.5) is 0 Å². The molecule has 1 rings (SSSR count). The number of amides is 1.